The van der Waals surface area contributed by atoms with Gasteiger partial charge in [0.1, 0.15) is 11.8 Å². The average Bonchev–Trinajstić information content (AvgIpc) is 2.94. The standard InChI is InChI=1S/C22H18N2O/c1-16-10-11-19-18(14-16)22-20(8-5-9-21(22)25-13-12-23)24(19)15-17-6-3-2-4-7-17/h2-11,14H,13,15H2,1H3. The van der Waals surface area contributed by atoms with Crippen molar-refractivity contribution < 1.29 is 4.74 Å². The predicted molar refractivity (Wildman–Crippen MR) is 101 cm³/mol. The van der Waals surface area contributed by atoms with E-state index >= 15 is 0 Å². The van der Waals surface area contributed by atoms with Gasteiger partial charge in [-0.15, -0.1) is 0 Å². The maximum atomic E-state index is 8.88. The van der Waals surface area contributed by atoms with Crippen molar-refractivity contribution in [1.82, 2.24) is 4.57 Å². The molecule has 1 heterocycles. The first kappa shape index (κ1) is 15.3. The molecule has 3 nitrogen and oxygen atoms in total. The third kappa shape index (κ3) is 2.72. The maximum Gasteiger partial charge on any atom is 0.174 e. The lowest BCUT2D eigenvalue weighted by molar-refractivity contribution is 0.373. The van der Waals surface area contributed by atoms with Crippen LogP contribution < -0.4 is 4.74 Å². The third-order valence-electron chi connectivity index (χ3n) is 4.48. The van der Waals surface area contributed by atoms with Crippen molar-refractivity contribution in [2.45, 2.75) is 13.5 Å². The minimum Gasteiger partial charge on any atom is -0.478 e. The second-order valence-corrected chi connectivity index (χ2v) is 6.19. The highest BCUT2D eigenvalue weighted by Crippen LogP contribution is 2.36. The summed E-state index contributed by atoms with van der Waals surface area (Å²) in [6, 6.07) is 25.0. The van der Waals surface area contributed by atoms with Gasteiger partial charge in [0.2, 0.25) is 0 Å². The zero-order chi connectivity index (χ0) is 17.2. The molecule has 4 aromatic rings. The number of rotatable bonds is 4. The van der Waals surface area contributed by atoms with Gasteiger partial charge < -0.3 is 9.30 Å². The molecule has 0 aliphatic rings. The van der Waals surface area contributed by atoms with E-state index in [-0.39, 0.29) is 6.61 Å². The van der Waals surface area contributed by atoms with Crippen LogP contribution in [0.25, 0.3) is 21.8 Å². The van der Waals surface area contributed by atoms with Crippen LogP contribution in [0.15, 0.2) is 66.7 Å². The summed E-state index contributed by atoms with van der Waals surface area (Å²) in [5.74, 6) is 0.765. The van der Waals surface area contributed by atoms with E-state index in [2.05, 4.69) is 66.1 Å². The second-order valence-electron chi connectivity index (χ2n) is 6.19. The first-order valence-electron chi connectivity index (χ1n) is 8.33. The van der Waals surface area contributed by atoms with Crippen LogP contribution in [-0.2, 0) is 6.54 Å². The normalized spacial score (nSPS) is 10.9. The second kappa shape index (κ2) is 6.33. The van der Waals surface area contributed by atoms with Gasteiger partial charge in [-0.05, 0) is 36.8 Å². The van der Waals surface area contributed by atoms with Crippen LogP contribution in [0.2, 0.25) is 0 Å². The van der Waals surface area contributed by atoms with Crippen LogP contribution >= 0.6 is 0 Å². The van der Waals surface area contributed by atoms with Crippen molar-refractivity contribution in [2.75, 3.05) is 6.61 Å². The van der Waals surface area contributed by atoms with Crippen molar-refractivity contribution in [3.8, 4) is 11.8 Å². The Morgan fingerprint density at radius 1 is 0.960 bits per heavy atom. The summed E-state index contributed by atoms with van der Waals surface area (Å²) in [4.78, 5) is 0. The van der Waals surface area contributed by atoms with Gasteiger partial charge >= 0.3 is 0 Å². The number of benzene rings is 3. The lowest BCUT2D eigenvalue weighted by atomic mass is 10.1. The molecule has 0 bridgehead atoms. The number of nitriles is 1. The monoisotopic (exact) mass is 326 g/mol. The van der Waals surface area contributed by atoms with E-state index < -0.39 is 0 Å². The van der Waals surface area contributed by atoms with E-state index in [9.17, 15) is 0 Å². The van der Waals surface area contributed by atoms with E-state index in [4.69, 9.17) is 10.00 Å². The molecule has 0 spiro atoms. The SMILES string of the molecule is Cc1ccc2c(c1)c1c(OCC#N)cccc1n2Cc1ccccc1. The van der Waals surface area contributed by atoms with Crippen molar-refractivity contribution in [3.05, 3.63) is 77.9 Å². The zero-order valence-corrected chi connectivity index (χ0v) is 14.1. The quantitative estimate of drug-likeness (QED) is 0.526. The molecule has 3 aromatic carbocycles. The number of nitrogens with zero attached hydrogens (tertiary/aromatic N) is 2. The summed E-state index contributed by atoms with van der Waals surface area (Å²) < 4.78 is 8.02. The van der Waals surface area contributed by atoms with Crippen molar-refractivity contribution in [2.24, 2.45) is 0 Å². The molecule has 4 rings (SSSR count). The number of ether oxygens (including phenoxy) is 1. The number of hydrogen-bond acceptors (Lipinski definition) is 2. The fourth-order valence-electron chi connectivity index (χ4n) is 3.40. The highest BCUT2D eigenvalue weighted by atomic mass is 16.5. The predicted octanol–water partition coefficient (Wildman–Crippen LogP) is 5.05. The molecule has 1 aromatic heterocycles. The Hall–Kier alpha value is -3.25. The van der Waals surface area contributed by atoms with Crippen molar-refractivity contribution >= 4 is 21.8 Å². The van der Waals surface area contributed by atoms with E-state index in [1.165, 1.54) is 22.0 Å². The van der Waals surface area contributed by atoms with Gasteiger partial charge in [0, 0.05) is 22.8 Å². The van der Waals surface area contributed by atoms with Crippen molar-refractivity contribution in [3.63, 3.8) is 0 Å². The molecule has 3 heteroatoms. The topological polar surface area (TPSA) is 37.9 Å². The molecule has 0 unspecified atom stereocenters. The van der Waals surface area contributed by atoms with Crippen LogP contribution in [0, 0.1) is 18.3 Å². The number of hydrogen-bond donors (Lipinski definition) is 0. The summed E-state index contributed by atoms with van der Waals surface area (Å²) >= 11 is 0. The number of fused-ring (bicyclic) bond motifs is 3. The highest BCUT2D eigenvalue weighted by molar-refractivity contribution is 6.11. The van der Waals surface area contributed by atoms with Crippen LogP contribution in [0.5, 0.6) is 5.75 Å². The average molecular weight is 326 g/mol. The Morgan fingerprint density at radius 2 is 1.80 bits per heavy atom. The summed E-state index contributed by atoms with van der Waals surface area (Å²) in [6.07, 6.45) is 0. The third-order valence-corrected chi connectivity index (χ3v) is 4.48. The molecule has 0 aliphatic carbocycles. The lowest BCUT2D eigenvalue weighted by Gasteiger charge is -2.08. The molecule has 0 saturated carbocycles. The molecule has 0 saturated heterocycles. The minimum absolute atomic E-state index is 0.0519. The van der Waals surface area contributed by atoms with Crippen LogP contribution in [0.4, 0.5) is 0 Å². The van der Waals surface area contributed by atoms with Gasteiger partial charge in [-0.2, -0.15) is 5.26 Å². The van der Waals surface area contributed by atoms with Crippen LogP contribution in [0.1, 0.15) is 11.1 Å². The van der Waals surface area contributed by atoms with E-state index in [0.717, 1.165) is 23.2 Å². The van der Waals surface area contributed by atoms with Crippen LogP contribution in [0.3, 0.4) is 0 Å². The van der Waals surface area contributed by atoms with Gasteiger partial charge in [-0.25, -0.2) is 0 Å². The summed E-state index contributed by atoms with van der Waals surface area (Å²) in [5.41, 5.74) is 4.77. The maximum absolute atomic E-state index is 8.88. The first-order chi connectivity index (χ1) is 12.3. The Labute approximate surface area is 146 Å². The molecule has 0 atom stereocenters. The van der Waals surface area contributed by atoms with Gasteiger partial charge in [-0.3, -0.25) is 0 Å². The highest BCUT2D eigenvalue weighted by Gasteiger charge is 2.15. The van der Waals surface area contributed by atoms with E-state index in [0.29, 0.717) is 0 Å². The largest absolute Gasteiger partial charge is 0.478 e. The first-order valence-corrected chi connectivity index (χ1v) is 8.33. The Kier molecular flexibility index (Phi) is 3.87. The molecule has 0 radical (unpaired) electrons. The molecule has 0 aliphatic heterocycles. The zero-order valence-electron chi connectivity index (χ0n) is 14.1. The minimum atomic E-state index is 0.0519. The molecule has 0 fully saturated rings. The molecule has 122 valence electrons. The Morgan fingerprint density at radius 3 is 2.60 bits per heavy atom. The Bertz CT molecular complexity index is 1090. The van der Waals surface area contributed by atoms with Crippen molar-refractivity contribution in [1.29, 1.82) is 5.26 Å². The fraction of sp³-hybridized carbons (Fsp3) is 0.136. The number of aryl methyl sites for hydroxylation is 1. The van der Waals surface area contributed by atoms with Gasteiger partial charge in [-0.1, -0.05) is 48.0 Å². The summed E-state index contributed by atoms with van der Waals surface area (Å²) in [7, 11) is 0. The fourth-order valence-corrected chi connectivity index (χ4v) is 3.40. The summed E-state index contributed by atoms with van der Waals surface area (Å²) in [5, 5.41) is 11.1. The van der Waals surface area contributed by atoms with Gasteiger partial charge in [0.15, 0.2) is 6.61 Å². The molecular weight excluding hydrogens is 308 g/mol. The molecular formula is C22H18N2O. The summed E-state index contributed by atoms with van der Waals surface area (Å²) in [6.45, 7) is 2.94. The molecule has 0 N–H and O–H groups in total. The number of aromatic nitrogens is 1. The molecule has 0 amide bonds. The van der Waals surface area contributed by atoms with Gasteiger partial charge in [0.05, 0.1) is 5.52 Å². The lowest BCUT2D eigenvalue weighted by Crippen LogP contribution is -1.99. The van der Waals surface area contributed by atoms with E-state index in [1.54, 1.807) is 0 Å². The van der Waals surface area contributed by atoms with Gasteiger partial charge in [0.25, 0.3) is 0 Å². The molecule has 25 heavy (non-hydrogen) atoms. The Balaban J connectivity index is 1.99. The smallest absolute Gasteiger partial charge is 0.174 e. The van der Waals surface area contributed by atoms with E-state index in [1.807, 2.05) is 18.2 Å². The van der Waals surface area contributed by atoms with Crippen LogP contribution in [-0.4, -0.2) is 11.2 Å².